The maximum absolute atomic E-state index is 5.92. The number of methoxy groups -OCH3 is 1. The molecule has 0 aromatic heterocycles. The maximum Gasteiger partial charge on any atom is 0.125 e. The highest BCUT2D eigenvalue weighted by Gasteiger charge is 2.06. The predicted octanol–water partition coefficient (Wildman–Crippen LogP) is 3.35. The Hall–Kier alpha value is -2.00. The van der Waals surface area contributed by atoms with Gasteiger partial charge in [-0.2, -0.15) is 0 Å². The molecule has 0 aliphatic rings. The topological polar surface area (TPSA) is 44.5 Å². The first-order valence-corrected chi connectivity index (χ1v) is 6.70. The number of benzene rings is 2. The van der Waals surface area contributed by atoms with E-state index in [0.717, 1.165) is 28.2 Å². The lowest BCUT2D eigenvalue weighted by Gasteiger charge is -2.13. The molecule has 2 N–H and O–H groups in total. The van der Waals surface area contributed by atoms with Crippen molar-refractivity contribution in [3.05, 3.63) is 58.7 Å². The Morgan fingerprint density at radius 3 is 2.50 bits per heavy atom. The van der Waals surface area contributed by atoms with Crippen LogP contribution in [0.5, 0.6) is 11.5 Å². The summed E-state index contributed by atoms with van der Waals surface area (Å²) in [6.45, 7) is 5.09. The highest BCUT2D eigenvalue weighted by molar-refractivity contribution is 5.39. The van der Waals surface area contributed by atoms with Crippen molar-refractivity contribution in [2.75, 3.05) is 7.11 Å². The van der Waals surface area contributed by atoms with Crippen LogP contribution >= 0.6 is 0 Å². The zero-order chi connectivity index (χ0) is 14.5. The summed E-state index contributed by atoms with van der Waals surface area (Å²) >= 11 is 0. The van der Waals surface area contributed by atoms with Crippen LogP contribution in [-0.2, 0) is 13.2 Å². The van der Waals surface area contributed by atoms with Crippen LogP contribution < -0.4 is 15.2 Å². The van der Waals surface area contributed by atoms with E-state index < -0.39 is 0 Å². The molecule has 0 atom stereocenters. The fraction of sp³-hybridized carbons (Fsp3) is 0.294. The van der Waals surface area contributed by atoms with Gasteiger partial charge in [0, 0.05) is 12.1 Å². The Morgan fingerprint density at radius 2 is 1.80 bits per heavy atom. The van der Waals surface area contributed by atoms with Crippen LogP contribution in [0.1, 0.15) is 22.3 Å². The number of aryl methyl sites for hydroxylation is 2. The number of hydrogen-bond donors (Lipinski definition) is 1. The summed E-state index contributed by atoms with van der Waals surface area (Å²) in [5, 5.41) is 0. The van der Waals surface area contributed by atoms with E-state index in [1.54, 1.807) is 7.11 Å². The van der Waals surface area contributed by atoms with Gasteiger partial charge in [-0.3, -0.25) is 0 Å². The average Bonchev–Trinajstić information content (AvgIpc) is 2.47. The van der Waals surface area contributed by atoms with E-state index >= 15 is 0 Å². The molecule has 0 bridgehead atoms. The first-order chi connectivity index (χ1) is 9.63. The molecule has 2 aromatic rings. The number of ether oxygens (including phenoxy) is 2. The fourth-order valence-electron chi connectivity index (χ4n) is 2.09. The van der Waals surface area contributed by atoms with Crippen LogP contribution in [0.15, 0.2) is 36.4 Å². The van der Waals surface area contributed by atoms with Gasteiger partial charge < -0.3 is 15.2 Å². The molecule has 3 heteroatoms. The minimum absolute atomic E-state index is 0.474. The molecular formula is C17H21NO2. The normalized spacial score (nSPS) is 10.4. The molecule has 0 heterocycles. The van der Waals surface area contributed by atoms with Crippen molar-refractivity contribution in [2.24, 2.45) is 5.73 Å². The number of rotatable bonds is 5. The van der Waals surface area contributed by atoms with Gasteiger partial charge >= 0.3 is 0 Å². The standard InChI is InChI=1S/C17H21NO2/c1-12-4-5-13(2)17(8-12)20-11-15-9-14(10-18)6-7-16(15)19-3/h4-9H,10-11,18H2,1-3H3. The average molecular weight is 271 g/mol. The highest BCUT2D eigenvalue weighted by atomic mass is 16.5. The van der Waals surface area contributed by atoms with Gasteiger partial charge in [0.05, 0.1) is 7.11 Å². The van der Waals surface area contributed by atoms with Gasteiger partial charge in [0.1, 0.15) is 18.1 Å². The number of nitrogens with two attached hydrogens (primary N) is 1. The van der Waals surface area contributed by atoms with Gasteiger partial charge in [0.15, 0.2) is 0 Å². The van der Waals surface area contributed by atoms with Crippen molar-refractivity contribution >= 4 is 0 Å². The largest absolute Gasteiger partial charge is 0.496 e. The molecule has 2 aromatic carbocycles. The zero-order valence-electron chi connectivity index (χ0n) is 12.3. The summed E-state index contributed by atoms with van der Waals surface area (Å²) in [6, 6.07) is 12.1. The first-order valence-electron chi connectivity index (χ1n) is 6.70. The fourth-order valence-corrected chi connectivity index (χ4v) is 2.09. The molecule has 0 aliphatic carbocycles. The van der Waals surface area contributed by atoms with Gasteiger partial charge in [-0.05, 0) is 48.7 Å². The monoisotopic (exact) mass is 271 g/mol. The van der Waals surface area contributed by atoms with Crippen molar-refractivity contribution in [1.82, 2.24) is 0 Å². The Labute approximate surface area is 120 Å². The lowest BCUT2D eigenvalue weighted by atomic mass is 10.1. The minimum atomic E-state index is 0.474. The molecule has 0 amide bonds. The number of hydrogen-bond acceptors (Lipinski definition) is 3. The van der Waals surface area contributed by atoms with Gasteiger partial charge in [-0.15, -0.1) is 0 Å². The maximum atomic E-state index is 5.92. The second kappa shape index (κ2) is 6.44. The molecule has 0 unspecified atom stereocenters. The van der Waals surface area contributed by atoms with Crippen LogP contribution in [0.4, 0.5) is 0 Å². The smallest absolute Gasteiger partial charge is 0.125 e. The lowest BCUT2D eigenvalue weighted by molar-refractivity contribution is 0.294. The van der Waals surface area contributed by atoms with E-state index in [2.05, 4.69) is 25.1 Å². The summed E-state index contributed by atoms with van der Waals surface area (Å²) < 4.78 is 11.3. The molecule has 0 saturated carbocycles. The minimum Gasteiger partial charge on any atom is -0.496 e. The third-order valence-electron chi connectivity index (χ3n) is 3.31. The van der Waals surface area contributed by atoms with Crippen molar-refractivity contribution in [3.8, 4) is 11.5 Å². The van der Waals surface area contributed by atoms with Gasteiger partial charge in [0.2, 0.25) is 0 Å². The predicted molar refractivity (Wildman–Crippen MR) is 81.1 cm³/mol. The molecular weight excluding hydrogens is 250 g/mol. The van der Waals surface area contributed by atoms with E-state index in [0.29, 0.717) is 13.2 Å². The third-order valence-corrected chi connectivity index (χ3v) is 3.31. The second-order valence-electron chi connectivity index (χ2n) is 4.91. The van der Waals surface area contributed by atoms with Crippen molar-refractivity contribution < 1.29 is 9.47 Å². The molecule has 3 nitrogen and oxygen atoms in total. The molecule has 0 saturated heterocycles. The van der Waals surface area contributed by atoms with Crippen LogP contribution in [0, 0.1) is 13.8 Å². The van der Waals surface area contributed by atoms with Crippen molar-refractivity contribution in [1.29, 1.82) is 0 Å². The molecule has 106 valence electrons. The molecule has 2 rings (SSSR count). The Balaban J connectivity index is 2.19. The van der Waals surface area contributed by atoms with E-state index in [-0.39, 0.29) is 0 Å². The van der Waals surface area contributed by atoms with Crippen LogP contribution in [-0.4, -0.2) is 7.11 Å². The zero-order valence-corrected chi connectivity index (χ0v) is 12.3. The Morgan fingerprint density at radius 1 is 1.00 bits per heavy atom. The molecule has 0 radical (unpaired) electrons. The Bertz CT molecular complexity index is 594. The molecule has 0 fully saturated rings. The van der Waals surface area contributed by atoms with Crippen molar-refractivity contribution in [2.45, 2.75) is 27.0 Å². The summed E-state index contributed by atoms with van der Waals surface area (Å²) in [5.41, 5.74) is 10.1. The summed E-state index contributed by atoms with van der Waals surface area (Å²) in [4.78, 5) is 0. The third kappa shape index (κ3) is 3.31. The van der Waals surface area contributed by atoms with E-state index in [1.807, 2.05) is 25.1 Å². The van der Waals surface area contributed by atoms with Crippen LogP contribution in [0.25, 0.3) is 0 Å². The first kappa shape index (κ1) is 14.4. The van der Waals surface area contributed by atoms with E-state index in [1.165, 1.54) is 5.56 Å². The summed E-state index contributed by atoms with van der Waals surface area (Å²) in [5.74, 6) is 1.73. The molecule has 0 spiro atoms. The van der Waals surface area contributed by atoms with Crippen molar-refractivity contribution in [3.63, 3.8) is 0 Å². The quantitative estimate of drug-likeness (QED) is 0.907. The highest BCUT2D eigenvalue weighted by Crippen LogP contribution is 2.24. The van der Waals surface area contributed by atoms with Gasteiger partial charge in [-0.1, -0.05) is 18.2 Å². The van der Waals surface area contributed by atoms with E-state index in [4.69, 9.17) is 15.2 Å². The lowest BCUT2D eigenvalue weighted by Crippen LogP contribution is -2.03. The molecule has 0 aliphatic heterocycles. The summed E-state index contributed by atoms with van der Waals surface area (Å²) in [6.07, 6.45) is 0. The van der Waals surface area contributed by atoms with Gasteiger partial charge in [0.25, 0.3) is 0 Å². The van der Waals surface area contributed by atoms with Gasteiger partial charge in [-0.25, -0.2) is 0 Å². The van der Waals surface area contributed by atoms with E-state index in [9.17, 15) is 0 Å². The summed E-state index contributed by atoms with van der Waals surface area (Å²) in [7, 11) is 1.67. The second-order valence-corrected chi connectivity index (χ2v) is 4.91. The molecule has 20 heavy (non-hydrogen) atoms. The van der Waals surface area contributed by atoms with Crippen LogP contribution in [0.3, 0.4) is 0 Å². The SMILES string of the molecule is COc1ccc(CN)cc1COc1cc(C)ccc1C. The Kier molecular flexibility index (Phi) is 4.64. The van der Waals surface area contributed by atoms with Crippen LogP contribution in [0.2, 0.25) is 0 Å².